The second kappa shape index (κ2) is 8.60. The Morgan fingerprint density at radius 3 is 2.50 bits per heavy atom. The van der Waals surface area contributed by atoms with Gasteiger partial charge in [0.05, 0.1) is 6.10 Å². The highest BCUT2D eigenvalue weighted by atomic mass is 16.5. The van der Waals surface area contributed by atoms with E-state index in [0.717, 1.165) is 45.5 Å². The van der Waals surface area contributed by atoms with Gasteiger partial charge < -0.3 is 20.3 Å². The maximum Gasteiger partial charge on any atom is 0.223 e. The number of rotatable bonds is 7. The zero-order chi connectivity index (χ0) is 14.2. The van der Waals surface area contributed by atoms with Crippen LogP contribution in [0.15, 0.2) is 0 Å². The summed E-state index contributed by atoms with van der Waals surface area (Å²) in [5.41, 5.74) is 5.45. The van der Waals surface area contributed by atoms with Crippen molar-refractivity contribution >= 4 is 5.91 Å². The first-order valence-corrected chi connectivity index (χ1v) is 8.11. The molecule has 20 heavy (non-hydrogen) atoms. The van der Waals surface area contributed by atoms with Crippen molar-refractivity contribution in [2.75, 3.05) is 45.9 Å². The van der Waals surface area contributed by atoms with E-state index in [1.54, 1.807) is 0 Å². The van der Waals surface area contributed by atoms with Gasteiger partial charge in [0, 0.05) is 32.7 Å². The Labute approximate surface area is 122 Å². The third-order valence-electron chi connectivity index (χ3n) is 4.34. The predicted octanol–water partition coefficient (Wildman–Crippen LogP) is 0.829. The molecule has 2 N–H and O–H groups in total. The number of carbonyl (C=O) groups excluding carboxylic acids is 1. The summed E-state index contributed by atoms with van der Waals surface area (Å²) in [6.07, 6.45) is 6.46. The van der Waals surface area contributed by atoms with Crippen molar-refractivity contribution in [3.8, 4) is 0 Å². The standard InChI is InChI=1S/C15H29N3O2/c16-7-3-13-20-14-4-11-18(12-5-14)15(19)6-10-17-8-1-2-9-17/h14H,1-13,16H2. The van der Waals surface area contributed by atoms with E-state index in [9.17, 15) is 4.79 Å². The topological polar surface area (TPSA) is 58.8 Å². The van der Waals surface area contributed by atoms with Gasteiger partial charge in [0.15, 0.2) is 0 Å². The Morgan fingerprint density at radius 1 is 1.15 bits per heavy atom. The van der Waals surface area contributed by atoms with Crippen LogP contribution in [-0.4, -0.2) is 67.7 Å². The van der Waals surface area contributed by atoms with E-state index in [4.69, 9.17) is 10.5 Å². The summed E-state index contributed by atoms with van der Waals surface area (Å²) in [6, 6.07) is 0. The van der Waals surface area contributed by atoms with Crippen molar-refractivity contribution in [2.45, 2.75) is 44.6 Å². The molecule has 5 heteroatoms. The maximum atomic E-state index is 12.2. The Kier molecular flexibility index (Phi) is 6.76. The van der Waals surface area contributed by atoms with Gasteiger partial charge in [-0.3, -0.25) is 4.79 Å². The van der Waals surface area contributed by atoms with Gasteiger partial charge in [-0.15, -0.1) is 0 Å². The molecule has 0 aromatic heterocycles. The van der Waals surface area contributed by atoms with E-state index in [-0.39, 0.29) is 0 Å². The van der Waals surface area contributed by atoms with Gasteiger partial charge in [0.25, 0.3) is 0 Å². The van der Waals surface area contributed by atoms with Crippen molar-refractivity contribution in [3.05, 3.63) is 0 Å². The lowest BCUT2D eigenvalue weighted by Crippen LogP contribution is -2.42. The number of hydrogen-bond acceptors (Lipinski definition) is 4. The minimum absolute atomic E-state index is 0.317. The molecule has 1 amide bonds. The van der Waals surface area contributed by atoms with Crippen LogP contribution in [0.1, 0.15) is 38.5 Å². The minimum Gasteiger partial charge on any atom is -0.378 e. The average Bonchev–Trinajstić information content (AvgIpc) is 2.99. The molecule has 0 radical (unpaired) electrons. The van der Waals surface area contributed by atoms with Crippen molar-refractivity contribution < 1.29 is 9.53 Å². The first kappa shape index (κ1) is 15.7. The number of amides is 1. The van der Waals surface area contributed by atoms with E-state index in [2.05, 4.69) is 4.90 Å². The Balaban J connectivity index is 1.58. The van der Waals surface area contributed by atoms with Crippen LogP contribution in [-0.2, 0) is 9.53 Å². The number of ether oxygens (including phenoxy) is 1. The van der Waals surface area contributed by atoms with Crippen LogP contribution in [0.4, 0.5) is 0 Å². The molecule has 0 unspecified atom stereocenters. The molecule has 116 valence electrons. The van der Waals surface area contributed by atoms with Gasteiger partial charge in [-0.05, 0) is 51.7 Å². The molecule has 0 saturated carbocycles. The van der Waals surface area contributed by atoms with Crippen LogP contribution in [0.25, 0.3) is 0 Å². The number of piperidine rings is 1. The molecule has 0 bridgehead atoms. The van der Waals surface area contributed by atoms with Crippen LogP contribution in [0.2, 0.25) is 0 Å². The van der Waals surface area contributed by atoms with Gasteiger partial charge in [-0.1, -0.05) is 0 Å². The van der Waals surface area contributed by atoms with Gasteiger partial charge >= 0.3 is 0 Å². The molecule has 2 heterocycles. The lowest BCUT2D eigenvalue weighted by atomic mass is 10.1. The number of carbonyl (C=O) groups is 1. The van der Waals surface area contributed by atoms with E-state index < -0.39 is 0 Å². The highest BCUT2D eigenvalue weighted by molar-refractivity contribution is 5.76. The summed E-state index contributed by atoms with van der Waals surface area (Å²) >= 11 is 0. The highest BCUT2D eigenvalue weighted by Gasteiger charge is 2.23. The van der Waals surface area contributed by atoms with Gasteiger partial charge in [0.1, 0.15) is 0 Å². The maximum absolute atomic E-state index is 12.2. The van der Waals surface area contributed by atoms with Crippen LogP contribution >= 0.6 is 0 Å². The summed E-state index contributed by atoms with van der Waals surface area (Å²) in [7, 11) is 0. The summed E-state index contributed by atoms with van der Waals surface area (Å²) in [4.78, 5) is 16.6. The molecule has 2 saturated heterocycles. The molecule has 0 spiro atoms. The van der Waals surface area contributed by atoms with E-state index >= 15 is 0 Å². The quantitative estimate of drug-likeness (QED) is 0.703. The molecular weight excluding hydrogens is 254 g/mol. The summed E-state index contributed by atoms with van der Waals surface area (Å²) < 4.78 is 5.77. The monoisotopic (exact) mass is 283 g/mol. The number of nitrogens with zero attached hydrogens (tertiary/aromatic N) is 2. The zero-order valence-corrected chi connectivity index (χ0v) is 12.6. The molecule has 5 nitrogen and oxygen atoms in total. The molecule has 0 atom stereocenters. The largest absolute Gasteiger partial charge is 0.378 e. The van der Waals surface area contributed by atoms with Gasteiger partial charge in [-0.25, -0.2) is 0 Å². The van der Waals surface area contributed by atoms with Crippen molar-refractivity contribution in [1.82, 2.24) is 9.80 Å². The fraction of sp³-hybridized carbons (Fsp3) is 0.933. The number of likely N-dealkylation sites (tertiary alicyclic amines) is 2. The molecule has 2 aliphatic rings. The van der Waals surface area contributed by atoms with Crippen LogP contribution in [0.5, 0.6) is 0 Å². The molecule has 2 aliphatic heterocycles. The van der Waals surface area contributed by atoms with Crippen LogP contribution < -0.4 is 5.73 Å². The predicted molar refractivity (Wildman–Crippen MR) is 79.5 cm³/mol. The molecule has 0 aromatic carbocycles. The summed E-state index contributed by atoms with van der Waals surface area (Å²) in [5.74, 6) is 0.317. The first-order chi connectivity index (χ1) is 9.79. The lowest BCUT2D eigenvalue weighted by molar-refractivity contribution is -0.134. The van der Waals surface area contributed by atoms with E-state index in [1.165, 1.54) is 25.9 Å². The van der Waals surface area contributed by atoms with Gasteiger partial charge in [-0.2, -0.15) is 0 Å². The third kappa shape index (κ3) is 5.04. The highest BCUT2D eigenvalue weighted by Crippen LogP contribution is 2.15. The van der Waals surface area contributed by atoms with Crippen molar-refractivity contribution in [3.63, 3.8) is 0 Å². The number of nitrogens with two attached hydrogens (primary N) is 1. The van der Waals surface area contributed by atoms with Gasteiger partial charge in [0.2, 0.25) is 5.91 Å². The van der Waals surface area contributed by atoms with E-state index in [0.29, 0.717) is 25.0 Å². The Morgan fingerprint density at radius 2 is 1.85 bits per heavy atom. The fourth-order valence-corrected chi connectivity index (χ4v) is 3.02. The Bertz CT molecular complexity index is 285. The first-order valence-electron chi connectivity index (χ1n) is 8.11. The SMILES string of the molecule is NCCCOC1CCN(C(=O)CCN2CCCC2)CC1. The molecule has 2 fully saturated rings. The normalized spacial score (nSPS) is 21.6. The second-order valence-electron chi connectivity index (χ2n) is 5.89. The zero-order valence-electron chi connectivity index (χ0n) is 12.6. The summed E-state index contributed by atoms with van der Waals surface area (Å²) in [5, 5.41) is 0. The lowest BCUT2D eigenvalue weighted by Gasteiger charge is -2.32. The third-order valence-corrected chi connectivity index (χ3v) is 4.34. The summed E-state index contributed by atoms with van der Waals surface area (Å²) in [6.45, 7) is 6.43. The van der Waals surface area contributed by atoms with Crippen LogP contribution in [0, 0.1) is 0 Å². The van der Waals surface area contributed by atoms with Crippen LogP contribution in [0.3, 0.4) is 0 Å². The minimum atomic E-state index is 0.317. The molecule has 2 rings (SSSR count). The fourth-order valence-electron chi connectivity index (χ4n) is 3.02. The second-order valence-corrected chi connectivity index (χ2v) is 5.89. The number of hydrogen-bond donors (Lipinski definition) is 1. The van der Waals surface area contributed by atoms with Crippen molar-refractivity contribution in [1.29, 1.82) is 0 Å². The van der Waals surface area contributed by atoms with Crippen molar-refractivity contribution in [2.24, 2.45) is 5.73 Å². The van der Waals surface area contributed by atoms with E-state index in [1.807, 2.05) is 4.90 Å². The molecule has 0 aromatic rings. The Hall–Kier alpha value is -0.650. The molecule has 0 aliphatic carbocycles. The molecular formula is C15H29N3O2. The average molecular weight is 283 g/mol. The smallest absolute Gasteiger partial charge is 0.223 e.